The lowest BCUT2D eigenvalue weighted by Gasteiger charge is -2.12. The Morgan fingerprint density at radius 3 is 2.43 bits per heavy atom. The molecule has 1 aromatic carbocycles. The highest BCUT2D eigenvalue weighted by atomic mass is 127. The lowest BCUT2D eigenvalue weighted by molar-refractivity contribution is 0.808. The third kappa shape index (κ3) is 6.54. The number of guanidine groups is 1. The van der Waals surface area contributed by atoms with E-state index in [0.29, 0.717) is 6.04 Å². The number of benzene rings is 1. The predicted molar refractivity (Wildman–Crippen MR) is 102 cm³/mol. The molecule has 0 atom stereocenters. The molecule has 1 fully saturated rings. The monoisotopic (exact) mass is 402 g/mol. The topological polar surface area (TPSA) is 39.7 Å². The zero-order valence-corrected chi connectivity index (χ0v) is 15.6. The first-order valence-corrected chi connectivity index (χ1v) is 7.50. The van der Waals surface area contributed by atoms with Gasteiger partial charge >= 0.3 is 0 Å². The van der Waals surface area contributed by atoms with Crippen LogP contribution in [0.3, 0.4) is 0 Å². The normalized spacial score (nSPS) is 14.3. The molecule has 1 saturated carbocycles. The number of aliphatic imine (C=N–C) groups is 1. The van der Waals surface area contributed by atoms with E-state index >= 15 is 0 Å². The summed E-state index contributed by atoms with van der Waals surface area (Å²) in [6, 6.07) is 9.34. The fourth-order valence-electron chi connectivity index (χ4n) is 2.00. The van der Waals surface area contributed by atoms with E-state index in [2.05, 4.69) is 65.8 Å². The first-order chi connectivity index (χ1) is 9.69. The molecule has 0 amide bonds. The van der Waals surface area contributed by atoms with Gasteiger partial charge in [-0.3, -0.25) is 4.99 Å². The SMILES string of the molecule is CCNC(=NCCc1ccc(N(C)C)cc1)NC1CC1.I. The maximum absolute atomic E-state index is 4.63. The molecule has 0 unspecified atom stereocenters. The molecule has 0 spiro atoms. The molecule has 5 heteroatoms. The van der Waals surface area contributed by atoms with Crippen LogP contribution in [0.2, 0.25) is 0 Å². The molecule has 0 heterocycles. The molecule has 0 aromatic heterocycles. The zero-order valence-electron chi connectivity index (χ0n) is 13.2. The van der Waals surface area contributed by atoms with Crippen molar-refractivity contribution < 1.29 is 0 Å². The number of halogens is 1. The van der Waals surface area contributed by atoms with E-state index in [4.69, 9.17) is 0 Å². The molecule has 21 heavy (non-hydrogen) atoms. The minimum Gasteiger partial charge on any atom is -0.378 e. The summed E-state index contributed by atoms with van der Waals surface area (Å²) in [4.78, 5) is 6.75. The van der Waals surface area contributed by atoms with Gasteiger partial charge in [-0.15, -0.1) is 24.0 Å². The van der Waals surface area contributed by atoms with Gasteiger partial charge in [0.1, 0.15) is 0 Å². The highest BCUT2D eigenvalue weighted by molar-refractivity contribution is 14.0. The molecule has 0 bridgehead atoms. The van der Waals surface area contributed by atoms with Gasteiger partial charge in [0.2, 0.25) is 0 Å². The van der Waals surface area contributed by atoms with Gasteiger partial charge in [0.05, 0.1) is 0 Å². The van der Waals surface area contributed by atoms with Crippen LogP contribution >= 0.6 is 24.0 Å². The van der Waals surface area contributed by atoms with E-state index in [1.165, 1.54) is 24.1 Å². The summed E-state index contributed by atoms with van der Waals surface area (Å²) >= 11 is 0. The first-order valence-electron chi connectivity index (χ1n) is 7.50. The molecular formula is C16H27IN4. The number of nitrogens with zero attached hydrogens (tertiary/aromatic N) is 2. The van der Waals surface area contributed by atoms with Crippen molar-refractivity contribution in [3.63, 3.8) is 0 Å². The summed E-state index contributed by atoms with van der Waals surface area (Å²) in [6.45, 7) is 3.84. The van der Waals surface area contributed by atoms with Gasteiger partial charge in [-0.25, -0.2) is 0 Å². The van der Waals surface area contributed by atoms with Crippen molar-refractivity contribution in [2.45, 2.75) is 32.2 Å². The molecule has 2 rings (SSSR count). The Morgan fingerprint density at radius 1 is 1.24 bits per heavy atom. The Kier molecular flexibility index (Phi) is 7.85. The van der Waals surface area contributed by atoms with Crippen LogP contribution in [0, 0.1) is 0 Å². The second-order valence-corrected chi connectivity index (χ2v) is 5.49. The van der Waals surface area contributed by atoms with Gasteiger partial charge in [-0.2, -0.15) is 0 Å². The van der Waals surface area contributed by atoms with E-state index in [1.54, 1.807) is 0 Å². The summed E-state index contributed by atoms with van der Waals surface area (Å²) in [5.74, 6) is 0.958. The quantitative estimate of drug-likeness (QED) is 0.437. The summed E-state index contributed by atoms with van der Waals surface area (Å²) < 4.78 is 0. The van der Waals surface area contributed by atoms with Crippen LogP contribution in [0.4, 0.5) is 5.69 Å². The maximum atomic E-state index is 4.63. The molecule has 1 aliphatic carbocycles. The Hall–Kier alpha value is -0.980. The number of nitrogens with one attached hydrogen (secondary N) is 2. The Bertz CT molecular complexity index is 438. The number of hydrogen-bond donors (Lipinski definition) is 2. The van der Waals surface area contributed by atoms with E-state index in [0.717, 1.165) is 25.5 Å². The lowest BCUT2D eigenvalue weighted by Crippen LogP contribution is -2.38. The fraction of sp³-hybridized carbons (Fsp3) is 0.562. The summed E-state index contributed by atoms with van der Waals surface area (Å²) in [5, 5.41) is 6.73. The molecule has 0 saturated heterocycles. The van der Waals surface area contributed by atoms with Crippen LogP contribution in [0.15, 0.2) is 29.3 Å². The Labute approximate surface area is 145 Å². The fourth-order valence-corrected chi connectivity index (χ4v) is 2.00. The molecule has 4 nitrogen and oxygen atoms in total. The van der Waals surface area contributed by atoms with E-state index in [9.17, 15) is 0 Å². The summed E-state index contributed by atoms with van der Waals surface area (Å²) in [7, 11) is 4.12. The average Bonchev–Trinajstić information content (AvgIpc) is 3.23. The number of hydrogen-bond acceptors (Lipinski definition) is 2. The maximum Gasteiger partial charge on any atom is 0.191 e. The smallest absolute Gasteiger partial charge is 0.191 e. The van der Waals surface area contributed by atoms with Gasteiger partial charge in [-0.05, 0) is 43.9 Å². The van der Waals surface area contributed by atoms with Crippen LogP contribution in [0.5, 0.6) is 0 Å². The van der Waals surface area contributed by atoms with E-state index < -0.39 is 0 Å². The van der Waals surface area contributed by atoms with Crippen molar-refractivity contribution >= 4 is 35.6 Å². The van der Waals surface area contributed by atoms with E-state index in [1.807, 2.05) is 0 Å². The van der Waals surface area contributed by atoms with Gasteiger partial charge < -0.3 is 15.5 Å². The van der Waals surface area contributed by atoms with Crippen molar-refractivity contribution in [3.05, 3.63) is 29.8 Å². The lowest BCUT2D eigenvalue weighted by atomic mass is 10.1. The second kappa shape index (κ2) is 9.12. The molecule has 0 radical (unpaired) electrons. The molecular weight excluding hydrogens is 375 g/mol. The average molecular weight is 402 g/mol. The predicted octanol–water partition coefficient (Wildman–Crippen LogP) is 2.63. The van der Waals surface area contributed by atoms with Crippen LogP contribution in [-0.2, 0) is 6.42 Å². The van der Waals surface area contributed by atoms with Crippen molar-refractivity contribution in [2.75, 3.05) is 32.1 Å². The van der Waals surface area contributed by atoms with Crippen LogP contribution in [-0.4, -0.2) is 39.2 Å². The highest BCUT2D eigenvalue weighted by Gasteiger charge is 2.21. The summed E-state index contributed by atoms with van der Waals surface area (Å²) in [5.41, 5.74) is 2.57. The van der Waals surface area contributed by atoms with Gasteiger partial charge in [0, 0.05) is 38.9 Å². The number of anilines is 1. The standard InChI is InChI=1S/C16H26N4.HI/c1-4-17-16(19-14-7-8-14)18-12-11-13-5-9-15(10-6-13)20(2)3;/h5-6,9-10,14H,4,7-8,11-12H2,1-3H3,(H2,17,18,19);1H. The molecule has 118 valence electrons. The van der Waals surface area contributed by atoms with Gasteiger partial charge in [0.15, 0.2) is 5.96 Å². The minimum absolute atomic E-state index is 0. The minimum atomic E-state index is 0. The first kappa shape index (κ1) is 18.1. The second-order valence-electron chi connectivity index (χ2n) is 5.49. The van der Waals surface area contributed by atoms with E-state index in [-0.39, 0.29) is 24.0 Å². The molecule has 0 aliphatic heterocycles. The van der Waals surface area contributed by atoms with Crippen molar-refractivity contribution in [3.8, 4) is 0 Å². The van der Waals surface area contributed by atoms with Crippen molar-refractivity contribution in [1.82, 2.24) is 10.6 Å². The van der Waals surface area contributed by atoms with Crippen LogP contribution < -0.4 is 15.5 Å². The number of rotatable bonds is 6. The highest BCUT2D eigenvalue weighted by Crippen LogP contribution is 2.18. The van der Waals surface area contributed by atoms with Gasteiger partial charge in [-0.1, -0.05) is 12.1 Å². The van der Waals surface area contributed by atoms with Crippen molar-refractivity contribution in [1.29, 1.82) is 0 Å². The molecule has 1 aliphatic rings. The third-order valence-electron chi connectivity index (χ3n) is 3.39. The Balaban J connectivity index is 0.00000220. The third-order valence-corrected chi connectivity index (χ3v) is 3.39. The molecule has 1 aromatic rings. The molecule has 2 N–H and O–H groups in total. The Morgan fingerprint density at radius 2 is 1.90 bits per heavy atom. The summed E-state index contributed by atoms with van der Waals surface area (Å²) in [6.07, 6.45) is 3.53. The largest absolute Gasteiger partial charge is 0.378 e. The van der Waals surface area contributed by atoms with Crippen LogP contribution in [0.1, 0.15) is 25.3 Å². The van der Waals surface area contributed by atoms with Crippen molar-refractivity contribution in [2.24, 2.45) is 4.99 Å². The zero-order chi connectivity index (χ0) is 14.4. The van der Waals surface area contributed by atoms with Gasteiger partial charge in [0.25, 0.3) is 0 Å². The van der Waals surface area contributed by atoms with Crippen LogP contribution in [0.25, 0.3) is 0 Å².